The highest BCUT2D eigenvalue weighted by Crippen LogP contribution is 2.37. The molecule has 3 heterocycles. The van der Waals surface area contributed by atoms with Crippen molar-refractivity contribution < 1.29 is 24.2 Å². The number of piperidine rings is 2. The maximum atomic E-state index is 12.7. The lowest BCUT2D eigenvalue weighted by Gasteiger charge is -2.27. The molecular weight excluding hydrogens is 468 g/mol. The van der Waals surface area contributed by atoms with Crippen LogP contribution in [-0.2, 0) is 12.8 Å². The fourth-order valence-electron chi connectivity index (χ4n) is 6.26. The predicted molar refractivity (Wildman–Crippen MR) is 145 cm³/mol. The van der Waals surface area contributed by atoms with Gasteiger partial charge < -0.3 is 24.4 Å². The van der Waals surface area contributed by atoms with Crippen LogP contribution in [0.4, 0.5) is 0 Å². The topological polar surface area (TPSA) is 94.2 Å². The van der Waals surface area contributed by atoms with E-state index in [1.807, 2.05) is 6.07 Å². The molecule has 2 fully saturated rings. The van der Waals surface area contributed by atoms with Gasteiger partial charge in [-0.25, -0.2) is 9.59 Å². The molecule has 0 spiro atoms. The number of aromatic carboxylic acids is 2. The Balaban J connectivity index is 1.51. The number of carboxylic acids is 2. The minimum atomic E-state index is -1.00. The summed E-state index contributed by atoms with van der Waals surface area (Å²) in [6.07, 6.45) is 10.6. The lowest BCUT2D eigenvalue weighted by atomic mass is 9.90. The van der Waals surface area contributed by atoms with Crippen molar-refractivity contribution in [1.29, 1.82) is 0 Å². The van der Waals surface area contributed by atoms with E-state index < -0.39 is 11.9 Å². The van der Waals surface area contributed by atoms with Gasteiger partial charge in [-0.05, 0) is 126 Å². The summed E-state index contributed by atoms with van der Waals surface area (Å²) in [5.41, 5.74) is 3.42. The van der Waals surface area contributed by atoms with E-state index in [0.29, 0.717) is 35.0 Å². The number of carboxylic acid groups (broad SMARTS) is 2. The summed E-state index contributed by atoms with van der Waals surface area (Å²) in [6.45, 7) is 6.38. The summed E-state index contributed by atoms with van der Waals surface area (Å²) in [5.74, 6) is -1.91. The highest BCUT2D eigenvalue weighted by Gasteiger charge is 2.24. The highest BCUT2D eigenvalue weighted by atomic mass is 16.4. The Morgan fingerprint density at radius 1 is 0.757 bits per heavy atom. The van der Waals surface area contributed by atoms with Crippen LogP contribution in [0.1, 0.15) is 83.2 Å². The van der Waals surface area contributed by atoms with Gasteiger partial charge in [0.25, 0.3) is 0 Å². The van der Waals surface area contributed by atoms with Crippen LogP contribution < -0.4 is 0 Å². The summed E-state index contributed by atoms with van der Waals surface area (Å²) in [6, 6.07) is 6.75. The Morgan fingerprint density at radius 2 is 1.38 bits per heavy atom. The molecule has 0 radical (unpaired) electrons. The quantitative estimate of drug-likeness (QED) is 0.358. The van der Waals surface area contributed by atoms with Crippen LogP contribution in [-0.4, -0.2) is 71.2 Å². The lowest BCUT2D eigenvalue weighted by Crippen LogP contribution is -2.31. The van der Waals surface area contributed by atoms with Crippen molar-refractivity contribution in [2.75, 3.05) is 39.3 Å². The third-order valence-electron chi connectivity index (χ3n) is 8.12. The molecule has 5 rings (SSSR count). The van der Waals surface area contributed by atoms with Gasteiger partial charge in [0, 0.05) is 10.8 Å². The number of furan rings is 1. The molecule has 0 unspecified atom stereocenters. The second-order valence-corrected chi connectivity index (χ2v) is 10.7. The first-order chi connectivity index (χ1) is 18.0. The fraction of sp³-hybridized carbons (Fsp3) is 0.533. The molecule has 0 bridgehead atoms. The molecule has 0 amide bonds. The number of rotatable bonds is 10. The van der Waals surface area contributed by atoms with Gasteiger partial charge >= 0.3 is 11.9 Å². The van der Waals surface area contributed by atoms with E-state index in [2.05, 4.69) is 9.80 Å². The van der Waals surface area contributed by atoms with E-state index in [1.54, 1.807) is 18.2 Å². The number of hydrogen-bond donors (Lipinski definition) is 2. The van der Waals surface area contributed by atoms with Crippen LogP contribution in [0, 0.1) is 0 Å². The van der Waals surface area contributed by atoms with Crippen molar-refractivity contribution in [2.45, 2.75) is 64.2 Å². The van der Waals surface area contributed by atoms with Crippen molar-refractivity contribution in [2.24, 2.45) is 0 Å². The zero-order chi connectivity index (χ0) is 25.8. The van der Waals surface area contributed by atoms with Crippen molar-refractivity contribution in [1.82, 2.24) is 9.80 Å². The first-order valence-electron chi connectivity index (χ1n) is 13.9. The largest absolute Gasteiger partial charge is 0.478 e. The molecule has 0 atom stereocenters. The van der Waals surface area contributed by atoms with Crippen molar-refractivity contribution in [3.63, 3.8) is 0 Å². The Bertz CT molecular complexity index is 1270. The molecule has 7 heteroatoms. The molecule has 2 aliphatic rings. The highest BCUT2D eigenvalue weighted by molar-refractivity contribution is 6.12. The third kappa shape index (κ3) is 5.83. The summed E-state index contributed by atoms with van der Waals surface area (Å²) in [5, 5.41) is 21.4. The Labute approximate surface area is 218 Å². The van der Waals surface area contributed by atoms with Gasteiger partial charge in [0.05, 0.1) is 11.1 Å². The number of carbonyl (C=O) groups is 2. The molecular formula is C30H38N2O5. The number of fused-ring (bicyclic) bond motifs is 3. The number of nitrogens with zero attached hydrogens (tertiary/aromatic N) is 2. The second-order valence-electron chi connectivity index (χ2n) is 10.7. The number of aryl methyl sites for hydroxylation is 2. The second kappa shape index (κ2) is 11.7. The third-order valence-corrected chi connectivity index (χ3v) is 8.12. The van der Waals surface area contributed by atoms with E-state index in [9.17, 15) is 19.8 Å². The van der Waals surface area contributed by atoms with Crippen molar-refractivity contribution in [3.8, 4) is 0 Å². The van der Waals surface area contributed by atoms with Gasteiger partial charge in [-0.3, -0.25) is 0 Å². The zero-order valence-electron chi connectivity index (χ0n) is 21.6. The van der Waals surface area contributed by atoms with Crippen molar-refractivity contribution >= 4 is 33.9 Å². The van der Waals surface area contributed by atoms with E-state index in [0.717, 1.165) is 68.6 Å². The summed E-state index contributed by atoms with van der Waals surface area (Å²) < 4.78 is 6.19. The van der Waals surface area contributed by atoms with Crippen LogP contribution >= 0.6 is 0 Å². The maximum Gasteiger partial charge on any atom is 0.336 e. The van der Waals surface area contributed by atoms with Crippen LogP contribution in [0.15, 0.2) is 28.7 Å². The van der Waals surface area contributed by atoms with Gasteiger partial charge in [0.2, 0.25) is 0 Å². The number of hydrogen-bond acceptors (Lipinski definition) is 5. The molecule has 2 aromatic carbocycles. The Hall–Kier alpha value is -2.90. The molecule has 2 N–H and O–H groups in total. The minimum Gasteiger partial charge on any atom is -0.478 e. The van der Waals surface area contributed by atoms with Crippen LogP contribution in [0.3, 0.4) is 0 Å². The molecule has 198 valence electrons. The molecule has 7 nitrogen and oxygen atoms in total. The smallest absolute Gasteiger partial charge is 0.336 e. The fourth-order valence-corrected chi connectivity index (χ4v) is 6.26. The van der Waals surface area contributed by atoms with Gasteiger partial charge in [-0.1, -0.05) is 12.8 Å². The zero-order valence-corrected chi connectivity index (χ0v) is 21.6. The minimum absolute atomic E-state index is 0.178. The SMILES string of the molecule is O=C(O)c1ccc2oc3cc(CCCN4CCCCC4)c(C(=O)O)c(CCCN4CCCCC4)c3c2c1. The molecule has 0 aliphatic carbocycles. The van der Waals surface area contributed by atoms with Gasteiger partial charge in [-0.2, -0.15) is 0 Å². The molecule has 0 saturated carbocycles. The van der Waals surface area contributed by atoms with Crippen LogP contribution in [0.2, 0.25) is 0 Å². The Kier molecular flexibility index (Phi) is 8.11. The Morgan fingerprint density at radius 3 is 1.97 bits per heavy atom. The van der Waals surface area contributed by atoms with E-state index in [4.69, 9.17) is 4.42 Å². The first kappa shape index (κ1) is 25.7. The average Bonchev–Trinajstić information content (AvgIpc) is 3.27. The predicted octanol–water partition coefficient (Wildman–Crippen LogP) is 5.82. The monoisotopic (exact) mass is 506 g/mol. The van der Waals surface area contributed by atoms with Crippen LogP contribution in [0.25, 0.3) is 21.9 Å². The summed E-state index contributed by atoms with van der Waals surface area (Å²) >= 11 is 0. The normalized spacial score (nSPS) is 17.5. The van der Waals surface area contributed by atoms with E-state index in [-0.39, 0.29) is 5.56 Å². The van der Waals surface area contributed by atoms with Gasteiger partial charge in [0.15, 0.2) is 0 Å². The average molecular weight is 507 g/mol. The lowest BCUT2D eigenvalue weighted by molar-refractivity contribution is 0.0684. The standard InChI is InChI=1S/C30H38N2O5/c33-29(34)22-11-12-25-24(19-22)28-23(10-8-18-32-15-5-2-6-16-32)27(30(35)36)21(20-26(28)37-25)9-7-17-31-13-3-1-4-14-31/h11-12,19-20H,1-10,13-18H2,(H,33,34)(H,35,36). The number of benzene rings is 2. The first-order valence-corrected chi connectivity index (χ1v) is 13.9. The summed E-state index contributed by atoms with van der Waals surface area (Å²) in [7, 11) is 0. The molecule has 1 aromatic heterocycles. The van der Waals surface area contributed by atoms with E-state index in [1.165, 1.54) is 38.5 Å². The van der Waals surface area contributed by atoms with Gasteiger partial charge in [0.1, 0.15) is 11.2 Å². The molecule has 37 heavy (non-hydrogen) atoms. The van der Waals surface area contributed by atoms with Crippen molar-refractivity contribution in [3.05, 3.63) is 46.5 Å². The molecule has 3 aromatic rings. The van der Waals surface area contributed by atoms with Gasteiger partial charge in [-0.15, -0.1) is 0 Å². The van der Waals surface area contributed by atoms with Crippen LogP contribution in [0.5, 0.6) is 0 Å². The maximum absolute atomic E-state index is 12.7. The number of likely N-dealkylation sites (tertiary alicyclic amines) is 2. The molecule has 2 aliphatic heterocycles. The van der Waals surface area contributed by atoms with E-state index >= 15 is 0 Å². The molecule has 2 saturated heterocycles. The summed E-state index contributed by atoms with van der Waals surface area (Å²) in [4.78, 5) is 29.3.